The largest absolute Gasteiger partial charge is 0.545 e. The van der Waals surface area contributed by atoms with Crippen LogP contribution in [-0.4, -0.2) is 29.7 Å². The molecule has 118 valence electrons. The maximum Gasteiger partial charge on any atom is 0.143 e. The Kier molecular flexibility index (Phi) is 3.65. The standard InChI is InChI=1S/C17H16N2O4/c1-10-18-13-8-11(17(20)21)4-6-14(13)19(10)15-9-12(22-2)5-7-16(15)23-3/h4-9H,1-3H3,(H,20,21)/p-1. The molecular weight excluding hydrogens is 296 g/mol. The zero-order chi connectivity index (χ0) is 16.6. The molecule has 0 spiro atoms. The van der Waals surface area contributed by atoms with E-state index in [9.17, 15) is 9.90 Å². The molecule has 6 nitrogen and oxygen atoms in total. The number of rotatable bonds is 4. The third kappa shape index (κ3) is 2.48. The number of carbonyl (C=O) groups is 1. The summed E-state index contributed by atoms with van der Waals surface area (Å²) in [6, 6.07) is 10.2. The lowest BCUT2D eigenvalue weighted by Gasteiger charge is -2.13. The van der Waals surface area contributed by atoms with Gasteiger partial charge in [-0.3, -0.25) is 4.57 Å². The molecule has 0 unspecified atom stereocenters. The highest BCUT2D eigenvalue weighted by molar-refractivity contribution is 5.91. The number of carbonyl (C=O) groups excluding carboxylic acids is 1. The second-order valence-corrected chi connectivity index (χ2v) is 5.02. The van der Waals surface area contributed by atoms with Gasteiger partial charge in [0.05, 0.1) is 36.9 Å². The van der Waals surface area contributed by atoms with Gasteiger partial charge in [-0.25, -0.2) is 4.98 Å². The Bertz CT molecular complexity index is 899. The molecule has 0 N–H and O–H groups in total. The molecule has 0 saturated heterocycles. The van der Waals surface area contributed by atoms with E-state index in [0.29, 0.717) is 22.8 Å². The van der Waals surface area contributed by atoms with Crippen LogP contribution in [0.1, 0.15) is 16.2 Å². The van der Waals surface area contributed by atoms with Gasteiger partial charge in [-0.05, 0) is 36.8 Å². The molecule has 23 heavy (non-hydrogen) atoms. The number of carboxylic acids is 1. The molecule has 6 heteroatoms. The Morgan fingerprint density at radius 2 is 1.91 bits per heavy atom. The van der Waals surface area contributed by atoms with Crippen LogP contribution < -0.4 is 14.6 Å². The van der Waals surface area contributed by atoms with Crippen LogP contribution in [0.4, 0.5) is 0 Å². The van der Waals surface area contributed by atoms with Crippen molar-refractivity contribution in [3.8, 4) is 17.2 Å². The van der Waals surface area contributed by atoms with Gasteiger partial charge >= 0.3 is 0 Å². The van der Waals surface area contributed by atoms with Crippen LogP contribution in [0.2, 0.25) is 0 Å². The highest BCUT2D eigenvalue weighted by Crippen LogP contribution is 2.31. The minimum Gasteiger partial charge on any atom is -0.545 e. The van der Waals surface area contributed by atoms with Crippen LogP contribution in [0.25, 0.3) is 16.7 Å². The van der Waals surface area contributed by atoms with Crippen LogP contribution in [0.5, 0.6) is 11.5 Å². The Morgan fingerprint density at radius 3 is 2.57 bits per heavy atom. The van der Waals surface area contributed by atoms with Gasteiger partial charge in [0, 0.05) is 6.07 Å². The molecule has 0 saturated carbocycles. The smallest absolute Gasteiger partial charge is 0.143 e. The van der Waals surface area contributed by atoms with Gasteiger partial charge < -0.3 is 19.4 Å². The highest BCUT2D eigenvalue weighted by Gasteiger charge is 2.14. The SMILES string of the molecule is COc1ccc(OC)c(-n2c(C)nc3cc(C(=O)[O-])ccc32)c1. The van der Waals surface area contributed by atoms with Crippen molar-refractivity contribution >= 4 is 17.0 Å². The number of aromatic nitrogens is 2. The minimum absolute atomic E-state index is 0.0970. The van der Waals surface area contributed by atoms with Gasteiger partial charge in [0.2, 0.25) is 0 Å². The van der Waals surface area contributed by atoms with Crippen molar-refractivity contribution in [1.29, 1.82) is 0 Å². The number of aromatic carboxylic acids is 1. The van der Waals surface area contributed by atoms with Crippen LogP contribution >= 0.6 is 0 Å². The number of fused-ring (bicyclic) bond motifs is 1. The van der Waals surface area contributed by atoms with Gasteiger partial charge in [-0.1, -0.05) is 6.07 Å². The van der Waals surface area contributed by atoms with Gasteiger partial charge in [0.15, 0.2) is 0 Å². The van der Waals surface area contributed by atoms with Crippen molar-refractivity contribution in [2.24, 2.45) is 0 Å². The number of methoxy groups -OCH3 is 2. The molecular formula is C17H15N2O4-. The molecule has 1 heterocycles. The third-order valence-electron chi connectivity index (χ3n) is 3.68. The Morgan fingerprint density at radius 1 is 1.13 bits per heavy atom. The fraction of sp³-hybridized carbons (Fsp3) is 0.176. The molecule has 0 aliphatic heterocycles. The van der Waals surface area contributed by atoms with Gasteiger partial charge in [0.1, 0.15) is 17.3 Å². The molecule has 0 bridgehead atoms. The van der Waals surface area contributed by atoms with Crippen LogP contribution in [-0.2, 0) is 0 Å². The fourth-order valence-corrected chi connectivity index (χ4v) is 2.60. The third-order valence-corrected chi connectivity index (χ3v) is 3.68. The van der Waals surface area contributed by atoms with E-state index in [4.69, 9.17) is 9.47 Å². The van der Waals surface area contributed by atoms with E-state index >= 15 is 0 Å². The van der Waals surface area contributed by atoms with Gasteiger partial charge in [0.25, 0.3) is 0 Å². The lowest BCUT2D eigenvalue weighted by molar-refractivity contribution is -0.255. The summed E-state index contributed by atoms with van der Waals surface area (Å²) in [6.45, 7) is 1.84. The molecule has 3 rings (SSSR count). The number of ether oxygens (including phenoxy) is 2. The molecule has 0 aliphatic rings. The Hall–Kier alpha value is -3.02. The van der Waals surface area contributed by atoms with E-state index in [-0.39, 0.29) is 5.56 Å². The lowest BCUT2D eigenvalue weighted by Crippen LogP contribution is -2.21. The van der Waals surface area contributed by atoms with Crippen molar-refractivity contribution in [2.45, 2.75) is 6.92 Å². The summed E-state index contributed by atoms with van der Waals surface area (Å²) in [5, 5.41) is 11.0. The predicted octanol–water partition coefficient (Wildman–Crippen LogP) is 1.71. The van der Waals surface area contributed by atoms with Crippen molar-refractivity contribution in [2.75, 3.05) is 14.2 Å². The number of carboxylic acid groups (broad SMARTS) is 1. The van der Waals surface area contributed by atoms with Gasteiger partial charge in [-0.15, -0.1) is 0 Å². The fourth-order valence-electron chi connectivity index (χ4n) is 2.60. The van der Waals surface area contributed by atoms with Crippen LogP contribution in [0.3, 0.4) is 0 Å². The second-order valence-electron chi connectivity index (χ2n) is 5.02. The molecule has 0 amide bonds. The number of imidazole rings is 1. The van der Waals surface area contributed by atoms with E-state index in [1.54, 1.807) is 20.3 Å². The van der Waals surface area contributed by atoms with Crippen molar-refractivity contribution in [1.82, 2.24) is 9.55 Å². The number of benzene rings is 2. The highest BCUT2D eigenvalue weighted by atomic mass is 16.5. The first-order valence-corrected chi connectivity index (χ1v) is 6.98. The Labute approximate surface area is 132 Å². The van der Waals surface area contributed by atoms with E-state index in [0.717, 1.165) is 11.2 Å². The van der Waals surface area contributed by atoms with E-state index in [1.807, 2.05) is 29.7 Å². The second kappa shape index (κ2) is 5.64. The maximum atomic E-state index is 11.0. The first kappa shape index (κ1) is 14.9. The first-order valence-electron chi connectivity index (χ1n) is 6.98. The molecule has 1 aromatic heterocycles. The zero-order valence-corrected chi connectivity index (χ0v) is 13.0. The minimum atomic E-state index is -1.22. The summed E-state index contributed by atoms with van der Waals surface area (Å²) in [6.07, 6.45) is 0. The lowest BCUT2D eigenvalue weighted by atomic mass is 10.2. The quantitative estimate of drug-likeness (QED) is 0.733. The maximum absolute atomic E-state index is 11.0. The molecule has 0 fully saturated rings. The summed E-state index contributed by atoms with van der Waals surface area (Å²) < 4.78 is 12.6. The number of hydrogen-bond acceptors (Lipinski definition) is 5. The van der Waals surface area contributed by atoms with E-state index in [2.05, 4.69) is 4.98 Å². The molecule has 3 aromatic rings. The van der Waals surface area contributed by atoms with Crippen molar-refractivity contribution in [3.63, 3.8) is 0 Å². The number of nitrogens with zero attached hydrogens (tertiary/aromatic N) is 2. The number of aryl methyl sites for hydroxylation is 1. The summed E-state index contributed by atoms with van der Waals surface area (Å²) in [4.78, 5) is 15.4. The summed E-state index contributed by atoms with van der Waals surface area (Å²) in [5.41, 5.74) is 2.22. The van der Waals surface area contributed by atoms with Crippen molar-refractivity contribution < 1.29 is 19.4 Å². The Balaban J connectivity index is 2.28. The first-order chi connectivity index (χ1) is 11.0. The monoisotopic (exact) mass is 311 g/mol. The predicted molar refractivity (Wildman–Crippen MR) is 83.2 cm³/mol. The van der Waals surface area contributed by atoms with Gasteiger partial charge in [-0.2, -0.15) is 0 Å². The topological polar surface area (TPSA) is 76.4 Å². The summed E-state index contributed by atoms with van der Waals surface area (Å²) >= 11 is 0. The van der Waals surface area contributed by atoms with Crippen LogP contribution in [0, 0.1) is 6.92 Å². The molecule has 0 atom stereocenters. The average molecular weight is 311 g/mol. The molecule has 0 radical (unpaired) electrons. The number of hydrogen-bond donors (Lipinski definition) is 0. The normalized spacial score (nSPS) is 10.7. The molecule has 0 aliphatic carbocycles. The van der Waals surface area contributed by atoms with Crippen molar-refractivity contribution in [3.05, 3.63) is 47.8 Å². The van der Waals surface area contributed by atoms with E-state index < -0.39 is 5.97 Å². The van der Waals surface area contributed by atoms with Crippen LogP contribution in [0.15, 0.2) is 36.4 Å². The van der Waals surface area contributed by atoms with E-state index in [1.165, 1.54) is 12.1 Å². The molecule has 2 aromatic carbocycles. The summed E-state index contributed by atoms with van der Waals surface area (Å²) in [5.74, 6) is 0.839. The average Bonchev–Trinajstić information content (AvgIpc) is 2.88. The zero-order valence-electron chi connectivity index (χ0n) is 13.0. The summed E-state index contributed by atoms with van der Waals surface area (Å²) in [7, 11) is 3.19.